The van der Waals surface area contributed by atoms with Crippen molar-refractivity contribution in [1.29, 1.82) is 0 Å². The molecular weight excluding hydrogens is 592 g/mol. The maximum absolute atomic E-state index is 9.32. The summed E-state index contributed by atoms with van der Waals surface area (Å²) < 4.78 is 21.2. The minimum atomic E-state index is -5.68. The van der Waals surface area contributed by atoms with Crippen molar-refractivity contribution >= 4 is 15.6 Å². The first-order valence-corrected chi connectivity index (χ1v) is 4.38. The first-order chi connectivity index (χ1) is 3.71. The van der Waals surface area contributed by atoms with Gasteiger partial charge in [-0.15, -0.1) is 0 Å². The zero-order chi connectivity index (χ0) is 7.71. The van der Waals surface area contributed by atoms with Gasteiger partial charge >= 0.3 is 42.1 Å². The minimum Gasteiger partial charge on any atom is -0.790 e. The molecule has 6 N–H and O–H groups in total. The predicted octanol–water partition coefficient (Wildman–Crippen LogP) is -3.02. The van der Waals surface area contributed by atoms with E-state index in [1.54, 1.807) is 0 Å². The van der Waals surface area contributed by atoms with Crippen molar-refractivity contribution in [2.75, 3.05) is 0 Å². The van der Waals surface area contributed by atoms with E-state index in [0.717, 1.165) is 0 Å². The maximum Gasteiger partial charge on any atom is 2.00 e. The van der Waals surface area contributed by atoms with Crippen LogP contribution in [0.1, 0.15) is 0 Å². The van der Waals surface area contributed by atoms with Crippen LogP contribution in [0.4, 0.5) is 0 Å². The molecule has 0 aromatic carbocycles. The number of phosphoric acid groups is 2. The van der Waals surface area contributed by atoms with Gasteiger partial charge in [-0.25, -0.2) is 0 Å². The average Bonchev–Trinajstić information content (AvgIpc) is 1.14. The Balaban J connectivity index is -0.0000000533. The van der Waals surface area contributed by atoms with Gasteiger partial charge in [0.1, 0.15) is 0 Å². The van der Waals surface area contributed by atoms with Crippen molar-refractivity contribution in [3.8, 4) is 0 Å². The van der Waals surface area contributed by atoms with Crippen LogP contribution in [0.25, 0.3) is 0 Å². The van der Waals surface area contributed by atoms with Gasteiger partial charge in [0.25, 0.3) is 0 Å². The molecule has 0 fully saturated rings. The number of hydrogen-bond acceptors (Lipinski definition) is 9. The summed E-state index contributed by atoms with van der Waals surface area (Å²) in [4.78, 5) is 37.3. The molecule has 0 saturated heterocycles. The largest absolute Gasteiger partial charge is 2.00 e. The molecule has 0 aromatic heterocycles. The monoisotopic (exact) mass is 598 g/mol. The van der Waals surface area contributed by atoms with Gasteiger partial charge in [-0.2, -0.15) is 0 Å². The zero-order valence-corrected chi connectivity index (χ0v) is 12.1. The molecule has 13 heavy (non-hydrogen) atoms. The van der Waals surface area contributed by atoms with Gasteiger partial charge in [0.15, 0.2) is 0 Å². The Morgan fingerprint density at radius 3 is 0.923 bits per heavy atom. The van der Waals surface area contributed by atoms with Gasteiger partial charge in [0.05, 0.1) is 15.6 Å². The van der Waals surface area contributed by atoms with Crippen LogP contribution in [0, 0.1) is 0 Å². The van der Waals surface area contributed by atoms with E-state index in [4.69, 9.17) is 0 Å². The van der Waals surface area contributed by atoms with Crippen LogP contribution in [-0.4, -0.2) is 0 Å². The fraction of sp³-hybridized carbons (Fsp3) is 0. The third kappa shape index (κ3) is 31.7. The van der Waals surface area contributed by atoms with Gasteiger partial charge in [0, 0.05) is 0 Å². The quantitative estimate of drug-likeness (QED) is 0.310. The summed E-state index contributed by atoms with van der Waals surface area (Å²) in [7, 11) is -11.4. The Morgan fingerprint density at radius 2 is 0.923 bits per heavy atom. The molecule has 0 spiro atoms. The summed E-state index contributed by atoms with van der Waals surface area (Å²) in [6.07, 6.45) is 0. The van der Waals surface area contributed by atoms with Crippen molar-refractivity contribution < 1.29 is 75.1 Å². The standard InChI is InChI=1S/2H3N.H4O7P2.2Pt/c;;1-8(2,3)7-9(4,5)6;;/h2*1H3;(H2,1,2,3)(H2,4,5,6);;/q;;;2*+2/p-4. The second-order valence-corrected chi connectivity index (χ2v) is 3.42. The van der Waals surface area contributed by atoms with E-state index in [-0.39, 0.29) is 54.4 Å². The van der Waals surface area contributed by atoms with Gasteiger partial charge in [0.2, 0.25) is 0 Å². The molecule has 0 unspecified atom stereocenters. The van der Waals surface area contributed by atoms with Gasteiger partial charge in [-0.1, -0.05) is 0 Å². The Labute approximate surface area is 103 Å². The Kier molecular flexibility index (Phi) is 22.7. The van der Waals surface area contributed by atoms with Gasteiger partial charge in [-0.05, 0) is 0 Å². The summed E-state index contributed by atoms with van der Waals surface area (Å²) in [5.74, 6) is 0. The van der Waals surface area contributed by atoms with Crippen LogP contribution in [0.2, 0.25) is 0 Å². The predicted molar refractivity (Wildman–Crippen MR) is 26.3 cm³/mol. The summed E-state index contributed by atoms with van der Waals surface area (Å²) in [6.45, 7) is 0. The van der Waals surface area contributed by atoms with Crippen LogP contribution in [-0.2, 0) is 55.6 Å². The second kappa shape index (κ2) is 10.1. The van der Waals surface area contributed by atoms with Crippen molar-refractivity contribution in [1.82, 2.24) is 12.3 Å². The molecule has 0 bridgehead atoms. The fourth-order valence-electron chi connectivity index (χ4n) is 0.122. The minimum absolute atomic E-state index is 0. The third-order valence-electron chi connectivity index (χ3n) is 0.200. The molecule has 0 aliphatic heterocycles. The SMILES string of the molecule is N.N.O=P([O-])([O-])OP(=O)([O-])[O-].[Pt+2].[Pt+2]. The van der Waals surface area contributed by atoms with E-state index in [1.807, 2.05) is 0 Å². The molecule has 0 rings (SSSR count). The maximum atomic E-state index is 9.32. The van der Waals surface area contributed by atoms with E-state index >= 15 is 0 Å². The van der Waals surface area contributed by atoms with Crippen molar-refractivity contribution in [3.05, 3.63) is 0 Å². The van der Waals surface area contributed by atoms with Crippen LogP contribution in [0.3, 0.4) is 0 Å². The molecule has 13 heteroatoms. The Hall–Kier alpha value is 1.56. The normalized spacial score (nSPS) is 9.54. The first-order valence-electron chi connectivity index (χ1n) is 1.46. The molecule has 0 heterocycles. The molecule has 0 amide bonds. The van der Waals surface area contributed by atoms with Crippen molar-refractivity contribution in [2.45, 2.75) is 0 Å². The number of hydrogen-bond donors (Lipinski definition) is 2. The van der Waals surface area contributed by atoms with Crippen LogP contribution in [0.15, 0.2) is 0 Å². The van der Waals surface area contributed by atoms with E-state index in [9.17, 15) is 28.7 Å². The Morgan fingerprint density at radius 1 is 0.769 bits per heavy atom. The molecule has 9 nitrogen and oxygen atoms in total. The van der Waals surface area contributed by atoms with Gasteiger partial charge in [-0.3, -0.25) is 0 Å². The molecule has 0 radical (unpaired) electrons. The van der Waals surface area contributed by atoms with Crippen LogP contribution in [0.5, 0.6) is 0 Å². The van der Waals surface area contributed by atoms with Crippen LogP contribution < -0.4 is 31.9 Å². The summed E-state index contributed by atoms with van der Waals surface area (Å²) in [5.41, 5.74) is 0. The first kappa shape index (κ1) is 29.3. The number of rotatable bonds is 2. The Bertz CT molecular complexity index is 163. The third-order valence-corrected chi connectivity index (χ3v) is 1.80. The molecule has 0 aromatic rings. The smallest absolute Gasteiger partial charge is 0.790 e. The van der Waals surface area contributed by atoms with Crippen molar-refractivity contribution in [3.63, 3.8) is 0 Å². The van der Waals surface area contributed by atoms with Crippen molar-refractivity contribution in [2.24, 2.45) is 0 Å². The fourth-order valence-corrected chi connectivity index (χ4v) is 1.10. The summed E-state index contributed by atoms with van der Waals surface area (Å²) >= 11 is 0. The van der Waals surface area contributed by atoms with E-state index in [1.165, 1.54) is 0 Å². The van der Waals surface area contributed by atoms with E-state index in [2.05, 4.69) is 4.31 Å². The van der Waals surface area contributed by atoms with E-state index < -0.39 is 15.6 Å². The molecule has 0 aliphatic carbocycles. The molecule has 0 atom stereocenters. The summed E-state index contributed by atoms with van der Waals surface area (Å²) in [5, 5.41) is 0. The molecule has 0 aliphatic rings. The van der Waals surface area contributed by atoms with E-state index in [0.29, 0.717) is 0 Å². The summed E-state index contributed by atoms with van der Waals surface area (Å²) in [6, 6.07) is 0. The second-order valence-electron chi connectivity index (χ2n) is 0.976. The zero-order valence-electron chi connectivity index (χ0n) is 5.80. The van der Waals surface area contributed by atoms with Gasteiger partial charge < -0.3 is 45.3 Å². The topological polar surface area (TPSA) is 206 Å². The molecule has 88 valence electrons. The van der Waals surface area contributed by atoms with Crippen LogP contribution >= 0.6 is 15.6 Å². The average molecular weight is 598 g/mol. The molecular formula is H6N2O7P2Pt2. The molecule has 0 saturated carbocycles.